The summed E-state index contributed by atoms with van der Waals surface area (Å²) in [7, 11) is 0. The average molecular weight is 254 g/mol. The fraction of sp³-hybridized carbons (Fsp3) is 0.375. The number of nitriles is 1. The molecule has 0 saturated heterocycles. The van der Waals surface area contributed by atoms with Crippen molar-refractivity contribution in [1.29, 1.82) is 5.26 Å². The molecule has 0 aromatic heterocycles. The highest BCUT2D eigenvalue weighted by molar-refractivity contribution is 5.89. The molecule has 98 valence electrons. The number of carbonyl (C=O) groups is 1. The largest absolute Gasteiger partial charge is 0.343 e. The highest BCUT2D eigenvalue weighted by atomic mass is 16.1. The van der Waals surface area contributed by atoms with E-state index in [1.807, 2.05) is 32.0 Å². The molecule has 2 rings (SSSR count). The molecule has 1 N–H and O–H groups in total. The normalized spacial score (nSPS) is 16.6. The zero-order chi connectivity index (χ0) is 13.9. The van der Waals surface area contributed by atoms with Crippen LogP contribution in [0, 0.1) is 11.3 Å². The quantitative estimate of drug-likeness (QED) is 0.840. The van der Waals surface area contributed by atoms with Gasteiger partial charge in [0.05, 0.1) is 17.2 Å². The van der Waals surface area contributed by atoms with Gasteiger partial charge in [-0.25, -0.2) is 0 Å². The van der Waals surface area contributed by atoms with E-state index in [4.69, 9.17) is 5.26 Å². The first-order chi connectivity index (χ1) is 9.09. The minimum atomic E-state index is -0.255. The van der Waals surface area contributed by atoms with Crippen LogP contribution in [0.5, 0.6) is 0 Å². The lowest BCUT2D eigenvalue weighted by molar-refractivity contribution is -0.117. The van der Waals surface area contributed by atoms with Crippen molar-refractivity contribution in [3.05, 3.63) is 47.0 Å². The summed E-state index contributed by atoms with van der Waals surface area (Å²) in [5.74, 6) is -0.0424. The van der Waals surface area contributed by atoms with Crippen LogP contribution in [-0.2, 0) is 10.3 Å². The number of hydrogen-bond donors (Lipinski definition) is 1. The van der Waals surface area contributed by atoms with Gasteiger partial charge in [-0.3, -0.25) is 4.79 Å². The maximum Gasteiger partial charge on any atom is 0.244 e. The van der Waals surface area contributed by atoms with Crippen molar-refractivity contribution in [2.75, 3.05) is 0 Å². The highest BCUT2D eigenvalue weighted by Gasteiger charge is 2.45. The third kappa shape index (κ3) is 3.03. The monoisotopic (exact) mass is 254 g/mol. The second kappa shape index (κ2) is 5.27. The van der Waals surface area contributed by atoms with E-state index in [1.165, 1.54) is 0 Å². The van der Waals surface area contributed by atoms with E-state index in [1.54, 1.807) is 12.1 Å². The molecule has 1 aliphatic rings. The molecule has 1 aromatic rings. The SMILES string of the molecule is CC/C(C)=C/C(=O)NC1(c2cccc(C#N)c2)CC1. The molecule has 3 heteroatoms. The van der Waals surface area contributed by atoms with Crippen molar-refractivity contribution in [3.63, 3.8) is 0 Å². The Balaban J connectivity index is 2.15. The fourth-order valence-electron chi connectivity index (χ4n) is 2.10. The van der Waals surface area contributed by atoms with Crippen molar-refractivity contribution in [2.45, 2.75) is 38.6 Å². The Kier molecular flexibility index (Phi) is 3.71. The molecule has 1 aromatic carbocycles. The molecule has 0 radical (unpaired) electrons. The van der Waals surface area contributed by atoms with Gasteiger partial charge in [0.15, 0.2) is 0 Å². The summed E-state index contributed by atoms with van der Waals surface area (Å²) < 4.78 is 0. The lowest BCUT2D eigenvalue weighted by atomic mass is 10.0. The minimum absolute atomic E-state index is 0.0424. The number of carbonyl (C=O) groups excluding carboxylic acids is 1. The summed E-state index contributed by atoms with van der Waals surface area (Å²) in [6, 6.07) is 9.63. The predicted molar refractivity (Wildman–Crippen MR) is 74.3 cm³/mol. The van der Waals surface area contributed by atoms with Crippen LogP contribution in [0.15, 0.2) is 35.9 Å². The van der Waals surface area contributed by atoms with Crippen LogP contribution in [0.2, 0.25) is 0 Å². The lowest BCUT2D eigenvalue weighted by Gasteiger charge is -2.17. The summed E-state index contributed by atoms with van der Waals surface area (Å²) in [6.07, 6.45) is 4.41. The molecule has 1 amide bonds. The van der Waals surface area contributed by atoms with Crippen LogP contribution in [0.3, 0.4) is 0 Å². The van der Waals surface area contributed by atoms with E-state index >= 15 is 0 Å². The Morgan fingerprint density at radius 2 is 2.26 bits per heavy atom. The Morgan fingerprint density at radius 1 is 1.53 bits per heavy atom. The Labute approximate surface area is 113 Å². The molecule has 1 aliphatic carbocycles. The second-order valence-corrected chi connectivity index (χ2v) is 5.11. The molecular weight excluding hydrogens is 236 g/mol. The van der Waals surface area contributed by atoms with Crippen LogP contribution < -0.4 is 5.32 Å². The van der Waals surface area contributed by atoms with E-state index in [2.05, 4.69) is 11.4 Å². The molecule has 0 heterocycles. The van der Waals surface area contributed by atoms with E-state index in [-0.39, 0.29) is 11.4 Å². The molecule has 19 heavy (non-hydrogen) atoms. The zero-order valence-electron chi connectivity index (χ0n) is 11.4. The third-order valence-electron chi connectivity index (χ3n) is 3.59. The Morgan fingerprint density at radius 3 is 2.84 bits per heavy atom. The number of allylic oxidation sites excluding steroid dienone is 1. The fourth-order valence-corrected chi connectivity index (χ4v) is 2.10. The van der Waals surface area contributed by atoms with Crippen molar-refractivity contribution in [2.24, 2.45) is 0 Å². The number of nitrogens with one attached hydrogen (secondary N) is 1. The Hall–Kier alpha value is -2.08. The van der Waals surface area contributed by atoms with Crippen molar-refractivity contribution < 1.29 is 4.79 Å². The number of hydrogen-bond acceptors (Lipinski definition) is 2. The average Bonchev–Trinajstić information content (AvgIpc) is 3.19. The zero-order valence-corrected chi connectivity index (χ0v) is 11.4. The standard InChI is InChI=1S/C16H18N2O/c1-3-12(2)9-15(19)18-16(7-8-16)14-6-4-5-13(10-14)11-17/h4-6,9-10H,3,7-8H2,1-2H3,(H,18,19)/b12-9+. The van der Waals surface area contributed by atoms with E-state index in [0.717, 1.165) is 30.4 Å². The van der Waals surface area contributed by atoms with Crippen molar-refractivity contribution >= 4 is 5.91 Å². The van der Waals surface area contributed by atoms with Crippen molar-refractivity contribution in [3.8, 4) is 6.07 Å². The first-order valence-corrected chi connectivity index (χ1v) is 6.59. The van der Waals surface area contributed by atoms with E-state index < -0.39 is 0 Å². The smallest absolute Gasteiger partial charge is 0.244 e. The van der Waals surface area contributed by atoms with Crippen LogP contribution in [-0.4, -0.2) is 5.91 Å². The summed E-state index contributed by atoms with van der Waals surface area (Å²) in [6.45, 7) is 3.98. The highest BCUT2D eigenvalue weighted by Crippen LogP contribution is 2.45. The van der Waals surface area contributed by atoms with E-state index in [0.29, 0.717) is 5.56 Å². The molecule has 0 unspecified atom stereocenters. The number of amides is 1. The first-order valence-electron chi connectivity index (χ1n) is 6.59. The van der Waals surface area contributed by atoms with Crippen LogP contribution in [0.1, 0.15) is 44.2 Å². The molecule has 1 fully saturated rings. The van der Waals surface area contributed by atoms with Crippen molar-refractivity contribution in [1.82, 2.24) is 5.32 Å². The lowest BCUT2D eigenvalue weighted by Crippen LogP contribution is -2.33. The second-order valence-electron chi connectivity index (χ2n) is 5.11. The van der Waals surface area contributed by atoms with Gasteiger partial charge in [-0.1, -0.05) is 24.6 Å². The summed E-state index contributed by atoms with van der Waals surface area (Å²) in [4.78, 5) is 11.9. The number of benzene rings is 1. The summed E-state index contributed by atoms with van der Waals surface area (Å²) in [5.41, 5.74) is 2.48. The maximum absolute atomic E-state index is 11.9. The van der Waals surface area contributed by atoms with E-state index in [9.17, 15) is 4.79 Å². The van der Waals surface area contributed by atoms with Crippen LogP contribution in [0.25, 0.3) is 0 Å². The molecule has 0 aliphatic heterocycles. The van der Waals surface area contributed by atoms with Gasteiger partial charge in [0.2, 0.25) is 5.91 Å². The molecule has 1 saturated carbocycles. The number of nitrogens with zero attached hydrogens (tertiary/aromatic N) is 1. The molecule has 0 spiro atoms. The summed E-state index contributed by atoms with van der Waals surface area (Å²) >= 11 is 0. The van der Waals surface area contributed by atoms with Gasteiger partial charge in [-0.15, -0.1) is 0 Å². The van der Waals surface area contributed by atoms with Crippen LogP contribution in [0.4, 0.5) is 0 Å². The third-order valence-corrected chi connectivity index (χ3v) is 3.59. The number of rotatable bonds is 4. The molecular formula is C16H18N2O. The summed E-state index contributed by atoms with van der Waals surface area (Å²) in [5, 5.41) is 12.0. The minimum Gasteiger partial charge on any atom is -0.343 e. The maximum atomic E-state index is 11.9. The molecule has 0 bridgehead atoms. The first kappa shape index (κ1) is 13.4. The van der Waals surface area contributed by atoms with Gasteiger partial charge < -0.3 is 5.32 Å². The van der Waals surface area contributed by atoms with Crippen LogP contribution >= 0.6 is 0 Å². The van der Waals surface area contributed by atoms with Gasteiger partial charge in [0, 0.05) is 6.08 Å². The Bertz CT molecular complexity index is 562. The molecule has 3 nitrogen and oxygen atoms in total. The van der Waals surface area contributed by atoms with Gasteiger partial charge in [0.25, 0.3) is 0 Å². The topological polar surface area (TPSA) is 52.9 Å². The van der Waals surface area contributed by atoms with Gasteiger partial charge >= 0.3 is 0 Å². The molecule has 0 atom stereocenters. The predicted octanol–water partition coefficient (Wildman–Crippen LogP) is 3.02. The van der Waals surface area contributed by atoms with Gasteiger partial charge in [-0.05, 0) is 43.9 Å². The van der Waals surface area contributed by atoms with Gasteiger partial charge in [-0.2, -0.15) is 5.26 Å². The van der Waals surface area contributed by atoms with Gasteiger partial charge in [0.1, 0.15) is 0 Å².